The first-order chi connectivity index (χ1) is 8.90. The van der Waals surface area contributed by atoms with Crippen molar-refractivity contribution in [2.24, 2.45) is 0 Å². The summed E-state index contributed by atoms with van der Waals surface area (Å²) in [6.07, 6.45) is -0.706. The van der Waals surface area contributed by atoms with Gasteiger partial charge in [0.2, 0.25) is 0 Å². The van der Waals surface area contributed by atoms with Crippen LogP contribution in [0.2, 0.25) is 0 Å². The van der Waals surface area contributed by atoms with E-state index in [0.717, 1.165) is 5.56 Å². The maximum Gasteiger partial charge on any atom is 0.310 e. The summed E-state index contributed by atoms with van der Waals surface area (Å²) in [6, 6.07) is 4.93. The van der Waals surface area contributed by atoms with Crippen LogP contribution >= 0.6 is 12.4 Å². The topological polar surface area (TPSA) is 84.6 Å². The highest BCUT2D eigenvalue weighted by Crippen LogP contribution is 2.27. The molecule has 0 saturated carbocycles. The summed E-state index contributed by atoms with van der Waals surface area (Å²) in [4.78, 5) is 10.4. The normalized spacial score (nSPS) is 11.8. The minimum atomic E-state index is -0.706. The molecule has 0 aliphatic rings. The molecule has 0 spiro atoms. The fourth-order valence-electron chi connectivity index (χ4n) is 1.50. The quantitative estimate of drug-likeness (QED) is 0.595. The number of hydrogen-bond acceptors (Lipinski definition) is 5. The van der Waals surface area contributed by atoms with Crippen molar-refractivity contribution in [3.8, 4) is 5.75 Å². The van der Waals surface area contributed by atoms with Crippen molar-refractivity contribution in [3.05, 3.63) is 33.9 Å². The molecule has 0 aliphatic carbocycles. The van der Waals surface area contributed by atoms with Crippen LogP contribution in [0.4, 0.5) is 5.69 Å². The van der Waals surface area contributed by atoms with Crippen LogP contribution in [0.5, 0.6) is 5.75 Å². The third-order valence-corrected chi connectivity index (χ3v) is 2.50. The first-order valence-corrected chi connectivity index (χ1v) is 6.19. The van der Waals surface area contributed by atoms with Gasteiger partial charge in [-0.15, -0.1) is 12.4 Å². The molecule has 0 fully saturated rings. The largest absolute Gasteiger partial charge is 0.484 e. The first kappa shape index (κ1) is 18.6. The third kappa shape index (κ3) is 6.18. The van der Waals surface area contributed by atoms with E-state index in [2.05, 4.69) is 5.32 Å². The summed E-state index contributed by atoms with van der Waals surface area (Å²) in [5.41, 5.74) is 0.782. The number of hydrogen-bond donors (Lipinski definition) is 2. The maximum absolute atomic E-state index is 10.8. The second kappa shape index (κ2) is 8.73. The minimum Gasteiger partial charge on any atom is -0.484 e. The number of halogens is 1. The molecule has 1 atom stereocenters. The molecule has 1 rings (SSSR count). The fraction of sp³-hybridized carbons (Fsp3) is 0.538. The van der Waals surface area contributed by atoms with Crippen LogP contribution in [0, 0.1) is 17.0 Å². The van der Waals surface area contributed by atoms with Gasteiger partial charge in [0.15, 0.2) is 5.75 Å². The van der Waals surface area contributed by atoms with Gasteiger partial charge in [0, 0.05) is 18.7 Å². The van der Waals surface area contributed by atoms with Gasteiger partial charge in [-0.05, 0) is 18.6 Å². The van der Waals surface area contributed by atoms with Gasteiger partial charge in [-0.25, -0.2) is 0 Å². The van der Waals surface area contributed by atoms with Crippen LogP contribution in [0.3, 0.4) is 0 Å². The molecule has 0 aliphatic heterocycles. The maximum atomic E-state index is 10.8. The zero-order valence-corrected chi connectivity index (χ0v) is 12.6. The molecule has 0 bridgehead atoms. The molecule has 0 radical (unpaired) electrons. The predicted octanol–water partition coefficient (Wildman–Crippen LogP) is 2.06. The van der Waals surface area contributed by atoms with Gasteiger partial charge in [0.1, 0.15) is 12.7 Å². The van der Waals surface area contributed by atoms with E-state index in [-0.39, 0.29) is 36.5 Å². The van der Waals surface area contributed by atoms with Crippen molar-refractivity contribution in [3.63, 3.8) is 0 Å². The second-order valence-electron chi connectivity index (χ2n) is 4.76. The molecule has 0 aromatic heterocycles. The standard InChI is InChI=1S/C13H20N2O4.ClH/c1-9(2)14-7-11(16)8-19-13-6-10(3)4-5-12(13)15(17)18;/h4-6,9,11,14,16H,7-8H2,1-3H3;1H. The van der Waals surface area contributed by atoms with E-state index >= 15 is 0 Å². The Hall–Kier alpha value is -1.37. The molecule has 1 unspecified atom stereocenters. The molecule has 1 aromatic carbocycles. The summed E-state index contributed by atoms with van der Waals surface area (Å²) in [5.74, 6) is 0.189. The van der Waals surface area contributed by atoms with E-state index in [1.165, 1.54) is 6.07 Å². The number of nitro groups is 1. The number of nitrogens with one attached hydrogen (secondary N) is 1. The lowest BCUT2D eigenvalue weighted by molar-refractivity contribution is -0.385. The molecule has 6 nitrogen and oxygen atoms in total. The van der Waals surface area contributed by atoms with Crippen LogP contribution in [0.25, 0.3) is 0 Å². The number of aliphatic hydroxyl groups excluding tert-OH is 1. The second-order valence-corrected chi connectivity index (χ2v) is 4.76. The SMILES string of the molecule is Cc1ccc([N+](=O)[O-])c(OCC(O)CNC(C)C)c1.Cl. The lowest BCUT2D eigenvalue weighted by atomic mass is 10.2. The van der Waals surface area contributed by atoms with Crippen molar-refractivity contribution >= 4 is 18.1 Å². The Morgan fingerprint density at radius 3 is 2.65 bits per heavy atom. The van der Waals surface area contributed by atoms with Crippen molar-refractivity contribution in [2.45, 2.75) is 32.9 Å². The van der Waals surface area contributed by atoms with Crippen LogP contribution in [-0.2, 0) is 0 Å². The Labute approximate surface area is 124 Å². The Balaban J connectivity index is 0.00000361. The highest BCUT2D eigenvalue weighted by atomic mass is 35.5. The summed E-state index contributed by atoms with van der Waals surface area (Å²) >= 11 is 0. The van der Waals surface area contributed by atoms with Crippen LogP contribution in [-0.4, -0.2) is 35.3 Å². The van der Waals surface area contributed by atoms with Gasteiger partial charge in [-0.3, -0.25) is 10.1 Å². The summed E-state index contributed by atoms with van der Waals surface area (Å²) < 4.78 is 5.34. The Morgan fingerprint density at radius 1 is 1.45 bits per heavy atom. The molecule has 0 amide bonds. The summed E-state index contributed by atoms with van der Waals surface area (Å²) in [5, 5.41) is 23.6. The highest BCUT2D eigenvalue weighted by Gasteiger charge is 2.16. The lowest BCUT2D eigenvalue weighted by Gasteiger charge is -2.15. The molecule has 20 heavy (non-hydrogen) atoms. The van der Waals surface area contributed by atoms with Gasteiger partial charge in [-0.1, -0.05) is 19.9 Å². The Bertz CT molecular complexity index is 440. The number of rotatable bonds is 7. The molecule has 114 valence electrons. The van der Waals surface area contributed by atoms with E-state index in [1.807, 2.05) is 20.8 Å². The zero-order chi connectivity index (χ0) is 14.4. The lowest BCUT2D eigenvalue weighted by Crippen LogP contribution is -2.35. The number of nitrogens with zero attached hydrogens (tertiary/aromatic N) is 1. The molecule has 0 heterocycles. The van der Waals surface area contributed by atoms with Gasteiger partial charge in [0.25, 0.3) is 0 Å². The smallest absolute Gasteiger partial charge is 0.310 e. The van der Waals surface area contributed by atoms with E-state index < -0.39 is 11.0 Å². The van der Waals surface area contributed by atoms with Gasteiger partial charge >= 0.3 is 5.69 Å². The number of aryl methyl sites for hydroxylation is 1. The van der Waals surface area contributed by atoms with Crippen molar-refractivity contribution in [1.82, 2.24) is 5.32 Å². The average Bonchev–Trinajstić information content (AvgIpc) is 2.33. The third-order valence-electron chi connectivity index (χ3n) is 2.50. The minimum absolute atomic E-state index is 0. The zero-order valence-electron chi connectivity index (χ0n) is 11.8. The molecular formula is C13H21ClN2O4. The summed E-state index contributed by atoms with van der Waals surface area (Å²) in [6.45, 7) is 6.17. The molecule has 2 N–H and O–H groups in total. The molecule has 7 heteroatoms. The van der Waals surface area contributed by atoms with Crippen molar-refractivity contribution < 1.29 is 14.8 Å². The monoisotopic (exact) mass is 304 g/mol. The number of aliphatic hydroxyl groups is 1. The van der Waals surface area contributed by atoms with Gasteiger partial charge in [0.05, 0.1) is 4.92 Å². The highest BCUT2D eigenvalue weighted by molar-refractivity contribution is 5.85. The molecule has 1 aromatic rings. The number of ether oxygens (including phenoxy) is 1. The van der Waals surface area contributed by atoms with E-state index in [9.17, 15) is 15.2 Å². The Kier molecular flexibility index (Phi) is 8.13. The van der Waals surface area contributed by atoms with Crippen molar-refractivity contribution in [2.75, 3.05) is 13.2 Å². The van der Waals surface area contributed by atoms with Gasteiger partial charge < -0.3 is 15.2 Å². The van der Waals surface area contributed by atoms with Crippen molar-refractivity contribution in [1.29, 1.82) is 0 Å². The number of nitro benzene ring substituents is 1. The van der Waals surface area contributed by atoms with Gasteiger partial charge in [-0.2, -0.15) is 0 Å². The number of benzene rings is 1. The van der Waals surface area contributed by atoms with E-state index in [1.54, 1.807) is 12.1 Å². The van der Waals surface area contributed by atoms with E-state index in [0.29, 0.717) is 6.54 Å². The molecule has 0 saturated heterocycles. The van der Waals surface area contributed by atoms with Crippen LogP contribution in [0.1, 0.15) is 19.4 Å². The summed E-state index contributed by atoms with van der Waals surface area (Å²) in [7, 11) is 0. The first-order valence-electron chi connectivity index (χ1n) is 6.19. The van der Waals surface area contributed by atoms with Crippen LogP contribution < -0.4 is 10.1 Å². The molecular weight excluding hydrogens is 284 g/mol. The predicted molar refractivity (Wildman–Crippen MR) is 79.7 cm³/mol. The fourth-order valence-corrected chi connectivity index (χ4v) is 1.50. The van der Waals surface area contributed by atoms with Crippen LogP contribution in [0.15, 0.2) is 18.2 Å². The van der Waals surface area contributed by atoms with E-state index in [4.69, 9.17) is 4.74 Å². The average molecular weight is 305 g/mol. The Morgan fingerprint density at radius 2 is 2.10 bits per heavy atom.